The number of nitrogens with one attached hydrogen (secondary N) is 3. The monoisotopic (exact) mass is 805 g/mol. The summed E-state index contributed by atoms with van der Waals surface area (Å²) in [5.74, 6) is -0.913. The number of carbonyl (C=O) groups excluding carboxylic acids is 3. The maximum absolute atomic E-state index is 15.3. The smallest absolute Gasteiger partial charge is 0.328 e. The minimum Gasteiger partial charge on any atom is -0.381 e. The Morgan fingerprint density at radius 3 is 2.25 bits per heavy atom. The van der Waals surface area contributed by atoms with Gasteiger partial charge in [0, 0.05) is 110 Å². The highest BCUT2D eigenvalue weighted by molar-refractivity contribution is 6.05. The van der Waals surface area contributed by atoms with E-state index in [1.807, 2.05) is 40.0 Å². The topological polar surface area (TPSA) is 130 Å². The highest BCUT2D eigenvalue weighted by Crippen LogP contribution is 2.35. The van der Waals surface area contributed by atoms with Crippen LogP contribution < -0.4 is 30.9 Å². The van der Waals surface area contributed by atoms with E-state index in [0.29, 0.717) is 48.2 Å². The molecule has 0 radical (unpaired) electrons. The Morgan fingerprint density at radius 1 is 0.881 bits per heavy atom. The molecule has 0 saturated carbocycles. The van der Waals surface area contributed by atoms with Crippen molar-refractivity contribution in [3.8, 4) is 11.1 Å². The molecule has 0 atom stereocenters. The van der Waals surface area contributed by atoms with E-state index in [9.17, 15) is 19.2 Å². The molecule has 3 N–H and O–H groups in total. The summed E-state index contributed by atoms with van der Waals surface area (Å²) >= 11 is 0. The fourth-order valence-electron chi connectivity index (χ4n) is 8.86. The zero-order valence-electron chi connectivity index (χ0n) is 34.8. The number of H-pyrrole nitrogens is 1. The lowest BCUT2D eigenvalue weighted by Gasteiger charge is -2.38. The number of rotatable bonds is 12. The average molecular weight is 806 g/mol. The number of amides is 4. The molecular weight excluding hydrogens is 750 g/mol. The van der Waals surface area contributed by atoms with Crippen LogP contribution in [-0.2, 0) is 22.6 Å². The Hall–Kier alpha value is -5.53. The van der Waals surface area contributed by atoms with Gasteiger partial charge in [-0.05, 0) is 125 Å². The third-order valence-electron chi connectivity index (χ3n) is 12.3. The number of anilines is 3. The number of aromatic nitrogens is 1. The molecule has 4 heterocycles. The molecule has 312 valence electrons. The number of nitrogens with zero attached hydrogens (tertiary/aromatic N) is 4. The van der Waals surface area contributed by atoms with Gasteiger partial charge in [0.25, 0.3) is 11.5 Å². The van der Waals surface area contributed by atoms with E-state index in [0.717, 1.165) is 84.6 Å². The van der Waals surface area contributed by atoms with Crippen molar-refractivity contribution in [2.24, 2.45) is 0 Å². The number of hydrogen-bond acceptors (Lipinski definition) is 8. The molecule has 0 unspecified atom stereocenters. The van der Waals surface area contributed by atoms with E-state index in [2.05, 4.69) is 67.6 Å². The van der Waals surface area contributed by atoms with Gasteiger partial charge in [0.15, 0.2) is 0 Å². The molecule has 4 aromatic rings. The molecule has 3 fully saturated rings. The maximum atomic E-state index is 15.3. The number of aromatic amines is 1. The number of imide groups is 1. The normalized spacial score (nSPS) is 16.7. The molecule has 13 heteroatoms. The number of aryl methyl sites for hydroxylation is 2. The van der Waals surface area contributed by atoms with Crippen LogP contribution in [0.4, 0.5) is 26.2 Å². The van der Waals surface area contributed by atoms with E-state index < -0.39 is 6.03 Å². The second kappa shape index (κ2) is 18.2. The third kappa shape index (κ3) is 9.36. The first kappa shape index (κ1) is 41.6. The lowest BCUT2D eigenvalue weighted by molar-refractivity contribution is -0.120. The van der Waals surface area contributed by atoms with Gasteiger partial charge in [-0.1, -0.05) is 18.2 Å². The summed E-state index contributed by atoms with van der Waals surface area (Å²) in [6, 6.07) is 19.6. The van der Waals surface area contributed by atoms with E-state index >= 15 is 4.39 Å². The molecule has 0 spiro atoms. The maximum Gasteiger partial charge on any atom is 0.328 e. The Kier molecular flexibility index (Phi) is 12.8. The first-order valence-corrected chi connectivity index (χ1v) is 20.8. The van der Waals surface area contributed by atoms with Crippen molar-refractivity contribution in [1.82, 2.24) is 20.5 Å². The van der Waals surface area contributed by atoms with Crippen molar-refractivity contribution >= 4 is 34.9 Å². The zero-order chi connectivity index (χ0) is 41.8. The fraction of sp³-hybridized carbons (Fsp3) is 0.435. The van der Waals surface area contributed by atoms with Crippen molar-refractivity contribution < 1.29 is 23.5 Å². The molecule has 59 heavy (non-hydrogen) atoms. The van der Waals surface area contributed by atoms with Gasteiger partial charge in [0.1, 0.15) is 5.82 Å². The Morgan fingerprint density at radius 2 is 1.59 bits per heavy atom. The number of hydrogen-bond donors (Lipinski definition) is 3. The SMILES string of the molecule is CCN(c1cc(-c2ccc(N3CCC(N(C)Cc4ccc(N5CCC(=O)NC5=O)cc4F)CC3)cc2)cc(C(=O)NCc2c(C)cc(C)[nH]c2=O)c1C)C1CCOCC1. The summed E-state index contributed by atoms with van der Waals surface area (Å²) in [5, 5.41) is 5.33. The van der Waals surface area contributed by atoms with Gasteiger partial charge >= 0.3 is 6.03 Å². The van der Waals surface area contributed by atoms with Crippen molar-refractivity contribution in [3.63, 3.8) is 0 Å². The summed E-state index contributed by atoms with van der Waals surface area (Å²) in [5.41, 5.74) is 8.60. The van der Waals surface area contributed by atoms with Crippen LogP contribution in [0.1, 0.15) is 77.3 Å². The van der Waals surface area contributed by atoms with E-state index in [4.69, 9.17) is 4.74 Å². The molecule has 3 aliphatic heterocycles. The standard InChI is InChI=1S/C46H56FN7O5/c1-6-53(37-16-21-59-22-17-37)42-25-34(24-39(31(42)4)44(56)48-27-40-29(2)23-30(3)49-45(40)57)32-7-10-36(11-8-32)52-18-13-35(14-19-52)51(5)28-33-9-12-38(26-41(33)47)54-20-15-43(55)50-46(54)58/h7-12,23-26,35,37H,6,13-22,27-28H2,1-5H3,(H,48,56)(H,49,57)(H,50,55,58). The Balaban J connectivity index is 1.04. The molecule has 4 amide bonds. The van der Waals surface area contributed by atoms with E-state index in [-0.39, 0.29) is 48.7 Å². The Labute approximate surface area is 345 Å². The van der Waals surface area contributed by atoms with Crippen molar-refractivity contribution in [2.45, 2.75) is 85.0 Å². The average Bonchev–Trinajstić information content (AvgIpc) is 3.22. The number of halogens is 1. The lowest BCUT2D eigenvalue weighted by Crippen LogP contribution is -2.49. The summed E-state index contributed by atoms with van der Waals surface area (Å²) in [6.45, 7) is 12.7. The summed E-state index contributed by atoms with van der Waals surface area (Å²) < 4.78 is 21.0. The third-order valence-corrected chi connectivity index (χ3v) is 12.3. The van der Waals surface area contributed by atoms with Gasteiger partial charge in [-0.25, -0.2) is 9.18 Å². The van der Waals surface area contributed by atoms with E-state index in [1.165, 1.54) is 11.0 Å². The zero-order valence-corrected chi connectivity index (χ0v) is 34.8. The van der Waals surface area contributed by atoms with Crippen molar-refractivity contribution in [3.05, 3.63) is 110 Å². The first-order valence-electron chi connectivity index (χ1n) is 20.8. The van der Waals surface area contributed by atoms with Gasteiger partial charge in [0.05, 0.1) is 0 Å². The van der Waals surface area contributed by atoms with Gasteiger partial charge in [-0.2, -0.15) is 0 Å². The fourth-order valence-corrected chi connectivity index (χ4v) is 8.86. The predicted molar refractivity (Wildman–Crippen MR) is 230 cm³/mol. The second-order valence-electron chi connectivity index (χ2n) is 16.1. The lowest BCUT2D eigenvalue weighted by atomic mass is 9.95. The van der Waals surface area contributed by atoms with Gasteiger partial charge in [0.2, 0.25) is 5.91 Å². The minimum absolute atomic E-state index is 0.132. The van der Waals surface area contributed by atoms with Crippen LogP contribution in [0.2, 0.25) is 0 Å². The largest absolute Gasteiger partial charge is 0.381 e. The second-order valence-corrected chi connectivity index (χ2v) is 16.1. The molecule has 3 aromatic carbocycles. The van der Waals surface area contributed by atoms with Crippen molar-refractivity contribution in [2.75, 3.05) is 61.1 Å². The molecule has 1 aromatic heterocycles. The van der Waals surface area contributed by atoms with Crippen LogP contribution in [0.5, 0.6) is 0 Å². The number of pyridine rings is 1. The number of benzene rings is 3. The Bertz CT molecular complexity index is 2250. The number of urea groups is 1. The van der Waals surface area contributed by atoms with E-state index in [1.54, 1.807) is 12.1 Å². The molecule has 7 rings (SSSR count). The summed E-state index contributed by atoms with van der Waals surface area (Å²) in [7, 11) is 2.03. The van der Waals surface area contributed by atoms with Crippen LogP contribution in [0.15, 0.2) is 65.5 Å². The van der Waals surface area contributed by atoms with Crippen LogP contribution >= 0.6 is 0 Å². The number of carbonyl (C=O) groups is 3. The molecule has 0 aliphatic carbocycles. The summed E-state index contributed by atoms with van der Waals surface area (Å²) in [6.07, 6.45) is 3.88. The van der Waals surface area contributed by atoms with Gasteiger partial charge < -0.3 is 24.8 Å². The highest BCUT2D eigenvalue weighted by Gasteiger charge is 2.28. The molecule has 0 bridgehead atoms. The molecule has 3 aliphatic rings. The minimum atomic E-state index is -0.528. The van der Waals surface area contributed by atoms with Gasteiger partial charge in [-0.3, -0.25) is 29.5 Å². The first-order chi connectivity index (χ1) is 28.4. The number of piperidine rings is 1. The van der Waals surface area contributed by atoms with Crippen molar-refractivity contribution in [1.29, 1.82) is 0 Å². The van der Waals surface area contributed by atoms with Gasteiger partial charge in [-0.15, -0.1) is 0 Å². The quantitative estimate of drug-likeness (QED) is 0.146. The predicted octanol–water partition coefficient (Wildman–Crippen LogP) is 6.59. The molecule has 12 nitrogen and oxygen atoms in total. The highest BCUT2D eigenvalue weighted by atomic mass is 19.1. The van der Waals surface area contributed by atoms with Crippen LogP contribution in [-0.4, -0.2) is 86.3 Å². The van der Waals surface area contributed by atoms with Crippen LogP contribution in [0.25, 0.3) is 11.1 Å². The molecule has 3 saturated heterocycles. The van der Waals surface area contributed by atoms with Crippen LogP contribution in [0, 0.1) is 26.6 Å². The van der Waals surface area contributed by atoms with Crippen LogP contribution in [0.3, 0.4) is 0 Å². The molecular formula is C46H56FN7O5. The summed E-state index contributed by atoms with van der Waals surface area (Å²) in [4.78, 5) is 61.8. The number of ether oxygens (including phenoxy) is 1.